The van der Waals surface area contributed by atoms with E-state index in [-0.39, 0.29) is 5.91 Å². The van der Waals surface area contributed by atoms with E-state index in [1.165, 1.54) is 0 Å². The van der Waals surface area contributed by atoms with Crippen LogP contribution in [0.2, 0.25) is 0 Å². The highest BCUT2D eigenvalue weighted by Gasteiger charge is 2.05. The van der Waals surface area contributed by atoms with Gasteiger partial charge in [0.15, 0.2) is 0 Å². The Morgan fingerprint density at radius 3 is 3.05 bits per heavy atom. The van der Waals surface area contributed by atoms with Crippen molar-refractivity contribution < 1.29 is 4.79 Å². The third kappa shape index (κ3) is 3.14. The summed E-state index contributed by atoms with van der Waals surface area (Å²) in [6, 6.07) is 8.05. The molecule has 1 aromatic heterocycles. The zero-order valence-corrected chi connectivity index (χ0v) is 11.0. The van der Waals surface area contributed by atoms with Crippen molar-refractivity contribution in [3.05, 3.63) is 24.5 Å². The maximum absolute atomic E-state index is 11.7. The molecule has 4 nitrogen and oxygen atoms in total. The van der Waals surface area contributed by atoms with Gasteiger partial charge in [-0.1, -0.05) is 26.2 Å². The van der Waals surface area contributed by atoms with Gasteiger partial charge in [-0.2, -0.15) is 0 Å². The zero-order valence-electron chi connectivity index (χ0n) is 11.0. The van der Waals surface area contributed by atoms with Crippen molar-refractivity contribution in [1.82, 2.24) is 9.55 Å². The number of carbonyl (C=O) groups is 1. The van der Waals surface area contributed by atoms with E-state index < -0.39 is 0 Å². The quantitative estimate of drug-likeness (QED) is 0.659. The number of hydrogen-bond donors (Lipinski definition) is 1. The van der Waals surface area contributed by atoms with Gasteiger partial charge in [0.2, 0.25) is 5.91 Å². The number of nitrogens with zero attached hydrogens (tertiary/aromatic N) is 2. The smallest absolute Gasteiger partial charge is 0.224 e. The summed E-state index contributed by atoms with van der Waals surface area (Å²) in [5.41, 5.74) is 2.40. The molecule has 0 aliphatic carbocycles. The average molecular weight is 255 g/mol. The Balaban J connectivity index is 2.09. The maximum atomic E-state index is 11.7. The first-order chi connectivity index (χ1) is 9.24. The summed E-state index contributed by atoms with van der Waals surface area (Å²) in [6.45, 7) is 2.12. The molecule has 0 saturated carbocycles. The van der Waals surface area contributed by atoms with Crippen LogP contribution < -0.4 is 5.32 Å². The van der Waals surface area contributed by atoms with Gasteiger partial charge < -0.3 is 5.32 Å². The minimum atomic E-state index is 0.0413. The van der Waals surface area contributed by atoms with Crippen molar-refractivity contribution in [1.29, 1.82) is 0 Å². The largest absolute Gasteiger partial charge is 0.326 e. The number of nitrogens with one attached hydrogen (secondary N) is 1. The molecule has 98 valence electrons. The number of hydrogen-bond acceptors (Lipinski definition) is 2. The van der Waals surface area contributed by atoms with E-state index in [4.69, 9.17) is 6.42 Å². The Morgan fingerprint density at radius 1 is 1.47 bits per heavy atom. The lowest BCUT2D eigenvalue weighted by molar-refractivity contribution is -0.116. The second-order valence-electron chi connectivity index (χ2n) is 4.45. The normalized spacial score (nSPS) is 10.3. The molecule has 0 aliphatic rings. The zero-order chi connectivity index (χ0) is 13.7. The van der Waals surface area contributed by atoms with Crippen LogP contribution in [0.4, 0.5) is 5.69 Å². The Morgan fingerprint density at radius 2 is 2.32 bits per heavy atom. The Labute approximate surface area is 112 Å². The number of rotatable bonds is 5. The van der Waals surface area contributed by atoms with Crippen LogP contribution in [-0.4, -0.2) is 15.5 Å². The van der Waals surface area contributed by atoms with Crippen molar-refractivity contribution in [2.75, 3.05) is 5.32 Å². The molecular formula is C15H17N3O. The lowest BCUT2D eigenvalue weighted by atomic mass is 10.2. The van der Waals surface area contributed by atoms with Gasteiger partial charge in [0.05, 0.1) is 11.0 Å². The third-order valence-corrected chi connectivity index (χ3v) is 2.98. The molecule has 2 aromatic rings. The SMILES string of the molecule is C#Cn1cnc2ccc(NC(=O)CCCCC)cc21. The molecule has 1 amide bonds. The van der Waals surface area contributed by atoms with E-state index in [1.807, 2.05) is 18.2 Å². The molecule has 19 heavy (non-hydrogen) atoms. The molecule has 0 aliphatic heterocycles. The number of terminal acetylenes is 1. The first-order valence-electron chi connectivity index (χ1n) is 6.48. The highest BCUT2D eigenvalue weighted by Crippen LogP contribution is 2.18. The molecule has 0 atom stereocenters. The van der Waals surface area contributed by atoms with Crippen molar-refractivity contribution in [2.45, 2.75) is 32.6 Å². The van der Waals surface area contributed by atoms with Crippen molar-refractivity contribution in [3.63, 3.8) is 0 Å². The van der Waals surface area contributed by atoms with Crippen LogP contribution in [0.25, 0.3) is 11.0 Å². The summed E-state index contributed by atoms with van der Waals surface area (Å²) in [7, 11) is 0. The summed E-state index contributed by atoms with van der Waals surface area (Å²) in [5, 5.41) is 2.89. The van der Waals surface area contributed by atoms with Gasteiger partial charge in [0, 0.05) is 18.2 Å². The Bertz CT molecular complexity index is 622. The van der Waals surface area contributed by atoms with E-state index in [9.17, 15) is 4.79 Å². The number of carbonyl (C=O) groups excluding carboxylic acids is 1. The lowest BCUT2D eigenvalue weighted by Crippen LogP contribution is -2.10. The Hall–Kier alpha value is -2.28. The highest BCUT2D eigenvalue weighted by molar-refractivity contribution is 5.93. The molecule has 2 rings (SSSR count). The lowest BCUT2D eigenvalue weighted by Gasteiger charge is -2.05. The second kappa shape index (κ2) is 6.05. The molecule has 1 N–H and O–H groups in total. The molecular weight excluding hydrogens is 238 g/mol. The fourth-order valence-corrected chi connectivity index (χ4v) is 1.95. The minimum Gasteiger partial charge on any atom is -0.326 e. The van der Waals surface area contributed by atoms with Gasteiger partial charge >= 0.3 is 0 Å². The van der Waals surface area contributed by atoms with E-state index >= 15 is 0 Å². The molecule has 0 spiro atoms. The molecule has 0 saturated heterocycles. The molecule has 0 unspecified atom stereocenters. The second-order valence-corrected chi connectivity index (χ2v) is 4.45. The number of amides is 1. The van der Waals surface area contributed by atoms with Crippen LogP contribution in [0, 0.1) is 12.5 Å². The predicted octanol–water partition coefficient (Wildman–Crippen LogP) is 2.99. The third-order valence-electron chi connectivity index (χ3n) is 2.98. The van der Waals surface area contributed by atoms with E-state index in [0.717, 1.165) is 36.0 Å². The van der Waals surface area contributed by atoms with Crippen molar-refractivity contribution in [2.24, 2.45) is 0 Å². The fourth-order valence-electron chi connectivity index (χ4n) is 1.95. The number of unbranched alkanes of at least 4 members (excludes halogenated alkanes) is 2. The number of fused-ring (bicyclic) bond motifs is 1. The predicted molar refractivity (Wildman–Crippen MR) is 76.7 cm³/mol. The van der Waals surface area contributed by atoms with Gasteiger partial charge in [-0.05, 0) is 24.6 Å². The summed E-state index contributed by atoms with van der Waals surface area (Å²) in [4.78, 5) is 15.9. The summed E-state index contributed by atoms with van der Waals surface area (Å²) >= 11 is 0. The standard InChI is InChI=1S/C15H17N3O/c1-3-5-6-7-15(19)17-12-8-9-13-14(10-12)18(4-2)11-16-13/h2,8-11H,3,5-7H2,1H3,(H,17,19). The molecule has 0 fully saturated rings. The van der Waals surface area contributed by atoms with E-state index in [0.29, 0.717) is 6.42 Å². The maximum Gasteiger partial charge on any atom is 0.224 e. The van der Waals surface area contributed by atoms with Crippen LogP contribution in [0.3, 0.4) is 0 Å². The first-order valence-corrected chi connectivity index (χ1v) is 6.48. The average Bonchev–Trinajstić information content (AvgIpc) is 2.81. The number of anilines is 1. The molecule has 1 heterocycles. The summed E-state index contributed by atoms with van der Waals surface area (Å²) in [5.74, 6) is 0.0413. The summed E-state index contributed by atoms with van der Waals surface area (Å²) in [6.07, 6.45) is 10.6. The van der Waals surface area contributed by atoms with Crippen molar-refractivity contribution >= 4 is 22.6 Å². The van der Waals surface area contributed by atoms with Crippen molar-refractivity contribution in [3.8, 4) is 12.5 Å². The highest BCUT2D eigenvalue weighted by atomic mass is 16.1. The first kappa shape index (κ1) is 13.2. The van der Waals surface area contributed by atoms with Gasteiger partial charge in [0.25, 0.3) is 0 Å². The fraction of sp³-hybridized carbons (Fsp3) is 0.333. The minimum absolute atomic E-state index is 0.0413. The number of aromatic nitrogens is 2. The Kier molecular flexibility index (Phi) is 4.19. The van der Waals surface area contributed by atoms with Crippen LogP contribution >= 0.6 is 0 Å². The number of imidazole rings is 1. The monoisotopic (exact) mass is 255 g/mol. The number of benzene rings is 1. The van der Waals surface area contributed by atoms with E-state index in [2.05, 4.69) is 23.3 Å². The van der Waals surface area contributed by atoms with Crippen LogP contribution in [-0.2, 0) is 4.79 Å². The van der Waals surface area contributed by atoms with E-state index in [1.54, 1.807) is 10.9 Å². The van der Waals surface area contributed by atoms with Gasteiger partial charge in [-0.25, -0.2) is 4.98 Å². The van der Waals surface area contributed by atoms with Gasteiger partial charge in [-0.15, -0.1) is 0 Å². The molecule has 0 radical (unpaired) electrons. The molecule has 0 bridgehead atoms. The van der Waals surface area contributed by atoms with Gasteiger partial charge in [-0.3, -0.25) is 9.36 Å². The van der Waals surface area contributed by atoms with Gasteiger partial charge in [0.1, 0.15) is 6.33 Å². The van der Waals surface area contributed by atoms with Crippen LogP contribution in [0.1, 0.15) is 32.6 Å². The van der Waals surface area contributed by atoms with Crippen LogP contribution in [0.5, 0.6) is 0 Å². The molecule has 4 heteroatoms. The molecule has 1 aromatic carbocycles. The van der Waals surface area contributed by atoms with Crippen LogP contribution in [0.15, 0.2) is 24.5 Å². The topological polar surface area (TPSA) is 46.9 Å². The summed E-state index contributed by atoms with van der Waals surface area (Å²) < 4.78 is 1.60.